The van der Waals surface area contributed by atoms with Gasteiger partial charge in [-0.25, -0.2) is 0 Å². The Kier molecular flexibility index (Phi) is 6.84. The molecule has 0 saturated carbocycles. The van der Waals surface area contributed by atoms with Crippen LogP contribution in [-0.2, 0) is 6.42 Å². The summed E-state index contributed by atoms with van der Waals surface area (Å²) in [4.78, 5) is 0. The van der Waals surface area contributed by atoms with E-state index in [0.717, 1.165) is 23.3 Å². The third-order valence-electron chi connectivity index (χ3n) is 2.70. The molecule has 0 amide bonds. The Hall–Kier alpha value is -1.78. The number of benzene rings is 1. The maximum atomic E-state index is 5.52. The zero-order chi connectivity index (χ0) is 13.5. The van der Waals surface area contributed by atoms with Crippen LogP contribution in [0.4, 0.5) is 0 Å². The van der Waals surface area contributed by atoms with Crippen LogP contribution < -0.4 is 10.5 Å². The van der Waals surface area contributed by atoms with Crippen LogP contribution in [0.25, 0.3) is 11.3 Å². The summed E-state index contributed by atoms with van der Waals surface area (Å²) >= 11 is 0. The first-order valence-electron chi connectivity index (χ1n) is 6.34. The minimum absolute atomic E-state index is 0. The first-order valence-corrected chi connectivity index (χ1v) is 6.34. The van der Waals surface area contributed by atoms with Gasteiger partial charge in [-0.05, 0) is 18.5 Å². The van der Waals surface area contributed by atoms with E-state index in [9.17, 15) is 0 Å². The van der Waals surface area contributed by atoms with Crippen molar-refractivity contribution >= 4 is 12.4 Å². The Labute approximate surface area is 125 Å². The second-order valence-corrected chi connectivity index (χ2v) is 4.07. The van der Waals surface area contributed by atoms with Gasteiger partial charge in [-0.1, -0.05) is 42.5 Å². The van der Waals surface area contributed by atoms with Gasteiger partial charge in [-0.15, -0.1) is 12.4 Å². The molecule has 0 fully saturated rings. The Morgan fingerprint density at radius 2 is 2.05 bits per heavy atom. The van der Waals surface area contributed by atoms with Crippen LogP contribution in [0.5, 0.6) is 5.88 Å². The third kappa shape index (κ3) is 3.85. The molecule has 0 atom stereocenters. The van der Waals surface area contributed by atoms with Gasteiger partial charge in [0.25, 0.3) is 5.88 Å². The van der Waals surface area contributed by atoms with Crippen molar-refractivity contribution in [3.8, 4) is 17.2 Å². The molecule has 0 unspecified atom stereocenters. The largest absolute Gasteiger partial charge is 0.474 e. The van der Waals surface area contributed by atoms with Crippen molar-refractivity contribution in [2.45, 2.75) is 13.3 Å². The predicted molar refractivity (Wildman–Crippen MR) is 82.3 cm³/mol. The van der Waals surface area contributed by atoms with Crippen LogP contribution in [0.3, 0.4) is 0 Å². The average Bonchev–Trinajstić information content (AvgIpc) is 2.86. The summed E-state index contributed by atoms with van der Waals surface area (Å²) in [5.41, 5.74) is 7.40. The second-order valence-electron chi connectivity index (χ2n) is 4.07. The van der Waals surface area contributed by atoms with Crippen LogP contribution in [0.2, 0.25) is 0 Å². The predicted octanol–water partition coefficient (Wildman–Crippen LogP) is 3.22. The van der Waals surface area contributed by atoms with Gasteiger partial charge in [0.1, 0.15) is 6.61 Å². The van der Waals surface area contributed by atoms with Crippen molar-refractivity contribution in [2.24, 2.45) is 5.73 Å². The van der Waals surface area contributed by atoms with E-state index in [1.807, 2.05) is 49.4 Å². The highest BCUT2D eigenvalue weighted by atomic mass is 35.5. The molecule has 0 spiro atoms. The van der Waals surface area contributed by atoms with Crippen LogP contribution in [0, 0.1) is 0 Å². The molecule has 0 saturated heterocycles. The topological polar surface area (TPSA) is 61.3 Å². The van der Waals surface area contributed by atoms with E-state index >= 15 is 0 Å². The lowest BCUT2D eigenvalue weighted by atomic mass is 10.1. The van der Waals surface area contributed by atoms with E-state index in [1.165, 1.54) is 0 Å². The Balaban J connectivity index is 0.00000200. The number of nitrogens with zero attached hydrogens (tertiary/aromatic N) is 1. The van der Waals surface area contributed by atoms with Gasteiger partial charge in [-0.3, -0.25) is 0 Å². The van der Waals surface area contributed by atoms with Gasteiger partial charge in [0.2, 0.25) is 0 Å². The van der Waals surface area contributed by atoms with Gasteiger partial charge in [0, 0.05) is 12.1 Å². The molecule has 0 aliphatic rings. The quantitative estimate of drug-likeness (QED) is 0.831. The molecular formula is C15H19ClN2O2. The molecule has 0 radical (unpaired) electrons. The lowest BCUT2D eigenvalue weighted by Crippen LogP contribution is -2.11. The maximum absolute atomic E-state index is 5.52. The molecule has 108 valence electrons. The van der Waals surface area contributed by atoms with Gasteiger partial charge < -0.3 is 15.0 Å². The Bertz CT molecular complexity index is 538. The van der Waals surface area contributed by atoms with E-state index in [4.69, 9.17) is 15.0 Å². The van der Waals surface area contributed by atoms with Crippen LogP contribution in [0.15, 0.2) is 47.0 Å². The first-order chi connectivity index (χ1) is 9.36. The van der Waals surface area contributed by atoms with E-state index < -0.39 is 0 Å². The summed E-state index contributed by atoms with van der Waals surface area (Å²) in [5, 5.41) is 4.00. The molecule has 2 N–H and O–H groups in total. The molecule has 1 aromatic carbocycles. The summed E-state index contributed by atoms with van der Waals surface area (Å²) in [6, 6.07) is 9.89. The molecule has 0 bridgehead atoms. The maximum Gasteiger partial charge on any atom is 0.258 e. The molecule has 0 aliphatic carbocycles. The van der Waals surface area contributed by atoms with E-state index in [2.05, 4.69) is 5.16 Å². The van der Waals surface area contributed by atoms with Crippen LogP contribution in [0.1, 0.15) is 12.5 Å². The monoisotopic (exact) mass is 294 g/mol. The molecule has 5 heteroatoms. The van der Waals surface area contributed by atoms with Gasteiger partial charge in [0.05, 0.1) is 5.56 Å². The number of allylic oxidation sites excluding steroid dienone is 2. The van der Waals surface area contributed by atoms with Crippen LogP contribution >= 0.6 is 12.4 Å². The number of hydrogen-bond donors (Lipinski definition) is 1. The molecule has 4 nitrogen and oxygen atoms in total. The van der Waals surface area contributed by atoms with Crippen molar-refractivity contribution < 1.29 is 9.26 Å². The fraction of sp³-hybridized carbons (Fsp3) is 0.267. The smallest absolute Gasteiger partial charge is 0.258 e. The van der Waals surface area contributed by atoms with Gasteiger partial charge in [0.15, 0.2) is 5.76 Å². The molecular weight excluding hydrogens is 276 g/mol. The lowest BCUT2D eigenvalue weighted by molar-refractivity contribution is 0.287. The Morgan fingerprint density at radius 3 is 2.70 bits per heavy atom. The van der Waals surface area contributed by atoms with Crippen molar-refractivity contribution in [1.29, 1.82) is 0 Å². The standard InChI is InChI=1S/C15H18N2O2.ClH/c1-2-3-9-13-14(12-7-5-4-6-8-12)19-17-15(13)18-11-10-16;/h2-8H,9-11,16H2,1H3;1H. The number of rotatable bonds is 6. The zero-order valence-electron chi connectivity index (χ0n) is 11.4. The summed E-state index contributed by atoms with van der Waals surface area (Å²) < 4.78 is 10.9. The molecule has 1 heterocycles. The van der Waals surface area contributed by atoms with Crippen molar-refractivity contribution in [1.82, 2.24) is 5.16 Å². The Morgan fingerprint density at radius 1 is 1.30 bits per heavy atom. The normalized spacial score (nSPS) is 10.5. The van der Waals surface area contributed by atoms with Gasteiger partial charge in [-0.2, -0.15) is 0 Å². The molecule has 20 heavy (non-hydrogen) atoms. The second kappa shape index (κ2) is 8.40. The number of halogens is 1. The fourth-order valence-electron chi connectivity index (χ4n) is 1.80. The third-order valence-corrected chi connectivity index (χ3v) is 2.70. The minimum Gasteiger partial charge on any atom is -0.474 e. The van der Waals surface area contributed by atoms with Crippen molar-refractivity contribution in [3.05, 3.63) is 48.0 Å². The van der Waals surface area contributed by atoms with Gasteiger partial charge >= 0.3 is 0 Å². The summed E-state index contributed by atoms with van der Waals surface area (Å²) in [5.74, 6) is 1.29. The summed E-state index contributed by atoms with van der Waals surface area (Å²) in [6.07, 6.45) is 4.77. The van der Waals surface area contributed by atoms with E-state index in [0.29, 0.717) is 19.0 Å². The van der Waals surface area contributed by atoms with Crippen LogP contribution in [-0.4, -0.2) is 18.3 Å². The summed E-state index contributed by atoms with van der Waals surface area (Å²) in [7, 11) is 0. The molecule has 1 aromatic heterocycles. The number of hydrogen-bond acceptors (Lipinski definition) is 4. The number of ether oxygens (including phenoxy) is 1. The molecule has 2 aromatic rings. The van der Waals surface area contributed by atoms with E-state index in [-0.39, 0.29) is 12.4 Å². The van der Waals surface area contributed by atoms with Crippen molar-refractivity contribution in [2.75, 3.05) is 13.2 Å². The lowest BCUT2D eigenvalue weighted by Gasteiger charge is -2.03. The average molecular weight is 295 g/mol. The van der Waals surface area contributed by atoms with Crippen molar-refractivity contribution in [3.63, 3.8) is 0 Å². The highest BCUT2D eigenvalue weighted by Gasteiger charge is 2.17. The first kappa shape index (κ1) is 16.3. The SMILES string of the molecule is CC=CCc1c(OCCN)noc1-c1ccccc1.Cl. The number of nitrogens with two attached hydrogens (primary N) is 1. The minimum atomic E-state index is 0. The molecule has 0 aliphatic heterocycles. The van der Waals surface area contributed by atoms with E-state index in [1.54, 1.807) is 0 Å². The highest BCUT2D eigenvalue weighted by molar-refractivity contribution is 5.85. The molecule has 2 rings (SSSR count). The zero-order valence-corrected chi connectivity index (χ0v) is 12.2. The highest BCUT2D eigenvalue weighted by Crippen LogP contribution is 2.31. The number of aromatic nitrogens is 1. The summed E-state index contributed by atoms with van der Waals surface area (Å²) in [6.45, 7) is 2.87. The fourth-order valence-corrected chi connectivity index (χ4v) is 1.80.